The third-order valence-electron chi connectivity index (χ3n) is 3.83. The predicted molar refractivity (Wildman–Crippen MR) is 83.9 cm³/mol. The lowest BCUT2D eigenvalue weighted by atomic mass is 10.1. The molecule has 2 atom stereocenters. The van der Waals surface area contributed by atoms with Crippen LogP contribution in [0.1, 0.15) is 27.2 Å². The molecule has 1 aliphatic heterocycles. The first-order valence-corrected chi connectivity index (χ1v) is 7.94. The second-order valence-electron chi connectivity index (χ2n) is 5.49. The molecule has 1 N–H and O–H groups in total. The molecule has 0 spiro atoms. The topological polar surface area (TPSA) is 15.3 Å². The van der Waals surface area contributed by atoms with E-state index in [1.54, 1.807) is 6.07 Å². The van der Waals surface area contributed by atoms with Crippen LogP contribution in [-0.2, 0) is 0 Å². The van der Waals surface area contributed by atoms with Crippen LogP contribution in [0.4, 0.5) is 15.8 Å². The number of benzene rings is 1. The van der Waals surface area contributed by atoms with E-state index in [0.717, 1.165) is 12.1 Å². The molecule has 1 aromatic rings. The fraction of sp³-hybridized carbons (Fsp3) is 0.600. The number of anilines is 2. The molecule has 4 heteroatoms. The number of nitrogens with zero attached hydrogens (tertiary/aromatic N) is 1. The Balaban J connectivity index is 2.10. The first-order valence-electron chi connectivity index (χ1n) is 6.89. The van der Waals surface area contributed by atoms with E-state index in [1.165, 1.54) is 5.75 Å². The molecule has 106 valence electrons. The van der Waals surface area contributed by atoms with Crippen LogP contribution in [-0.4, -0.2) is 30.1 Å². The average Bonchev–Trinajstić information content (AvgIpc) is 2.74. The van der Waals surface area contributed by atoms with E-state index in [2.05, 4.69) is 26.1 Å². The Morgan fingerprint density at radius 2 is 2.16 bits per heavy atom. The normalized spacial score (nSPS) is 22.8. The van der Waals surface area contributed by atoms with Crippen LogP contribution in [0.25, 0.3) is 0 Å². The Labute approximate surface area is 119 Å². The standard InChI is InChI=1S/C15H23FN2S/c1-10(2)18(4)15-6-5-12(9-13(15)16)17-14-7-8-19-11(14)3/h5-6,9-11,14,17H,7-8H2,1-4H3. The Bertz CT molecular complexity index is 436. The Kier molecular flexibility index (Phi) is 4.61. The molecule has 0 aliphatic carbocycles. The molecular weight excluding hydrogens is 259 g/mol. The van der Waals surface area contributed by atoms with E-state index in [1.807, 2.05) is 35.8 Å². The Morgan fingerprint density at radius 1 is 1.42 bits per heavy atom. The van der Waals surface area contributed by atoms with Crippen molar-refractivity contribution in [2.45, 2.75) is 44.5 Å². The summed E-state index contributed by atoms with van der Waals surface area (Å²) in [6.45, 7) is 6.35. The van der Waals surface area contributed by atoms with Crippen LogP contribution in [0.2, 0.25) is 0 Å². The Hall–Kier alpha value is -0.900. The van der Waals surface area contributed by atoms with Gasteiger partial charge in [-0.25, -0.2) is 4.39 Å². The highest BCUT2D eigenvalue weighted by Gasteiger charge is 2.23. The maximum atomic E-state index is 14.1. The molecule has 2 nitrogen and oxygen atoms in total. The van der Waals surface area contributed by atoms with Crippen molar-refractivity contribution in [1.29, 1.82) is 0 Å². The molecular formula is C15H23FN2S. The number of hydrogen-bond donors (Lipinski definition) is 1. The van der Waals surface area contributed by atoms with Gasteiger partial charge in [0.1, 0.15) is 5.82 Å². The molecule has 19 heavy (non-hydrogen) atoms. The summed E-state index contributed by atoms with van der Waals surface area (Å²) >= 11 is 1.98. The molecule has 1 saturated heterocycles. The number of hydrogen-bond acceptors (Lipinski definition) is 3. The van der Waals surface area contributed by atoms with Crippen molar-refractivity contribution in [3.63, 3.8) is 0 Å². The van der Waals surface area contributed by atoms with Gasteiger partial charge in [-0.2, -0.15) is 11.8 Å². The van der Waals surface area contributed by atoms with Crippen molar-refractivity contribution in [3.8, 4) is 0 Å². The smallest absolute Gasteiger partial charge is 0.148 e. The number of rotatable bonds is 4. The molecule has 2 unspecified atom stereocenters. The van der Waals surface area contributed by atoms with Gasteiger partial charge in [0.05, 0.1) is 5.69 Å². The molecule has 0 radical (unpaired) electrons. The fourth-order valence-electron chi connectivity index (χ4n) is 2.30. The minimum absolute atomic E-state index is 0.153. The number of nitrogens with one attached hydrogen (secondary N) is 1. The summed E-state index contributed by atoms with van der Waals surface area (Å²) in [5, 5.41) is 4.05. The third-order valence-corrected chi connectivity index (χ3v) is 5.16. The second-order valence-corrected chi connectivity index (χ2v) is 6.97. The molecule has 1 fully saturated rings. The highest BCUT2D eigenvalue weighted by atomic mass is 32.2. The van der Waals surface area contributed by atoms with E-state index in [0.29, 0.717) is 23.0 Å². The van der Waals surface area contributed by atoms with Crippen molar-refractivity contribution in [2.75, 3.05) is 23.0 Å². The summed E-state index contributed by atoms with van der Waals surface area (Å²) in [4.78, 5) is 1.95. The van der Waals surface area contributed by atoms with Gasteiger partial charge in [0.15, 0.2) is 0 Å². The minimum Gasteiger partial charge on any atom is -0.381 e. The molecule has 2 rings (SSSR count). The monoisotopic (exact) mass is 282 g/mol. The van der Waals surface area contributed by atoms with Gasteiger partial charge in [-0.05, 0) is 44.2 Å². The quantitative estimate of drug-likeness (QED) is 0.899. The van der Waals surface area contributed by atoms with Crippen LogP contribution < -0.4 is 10.2 Å². The van der Waals surface area contributed by atoms with E-state index in [9.17, 15) is 4.39 Å². The SMILES string of the molecule is CC1SCCC1Nc1ccc(N(C)C(C)C)c(F)c1. The summed E-state index contributed by atoms with van der Waals surface area (Å²) < 4.78 is 14.1. The second kappa shape index (κ2) is 6.04. The zero-order valence-corrected chi connectivity index (χ0v) is 12.9. The number of halogens is 1. The van der Waals surface area contributed by atoms with Gasteiger partial charge in [0.25, 0.3) is 0 Å². The lowest BCUT2D eigenvalue weighted by Crippen LogP contribution is -2.27. The van der Waals surface area contributed by atoms with Crippen molar-refractivity contribution in [2.24, 2.45) is 0 Å². The van der Waals surface area contributed by atoms with Crippen molar-refractivity contribution >= 4 is 23.1 Å². The third kappa shape index (κ3) is 3.35. The van der Waals surface area contributed by atoms with Gasteiger partial charge in [-0.1, -0.05) is 6.92 Å². The number of thioether (sulfide) groups is 1. The van der Waals surface area contributed by atoms with E-state index in [-0.39, 0.29) is 5.82 Å². The molecule has 0 aromatic heterocycles. The van der Waals surface area contributed by atoms with E-state index >= 15 is 0 Å². The summed E-state index contributed by atoms with van der Waals surface area (Å²) in [5.74, 6) is 1.04. The molecule has 1 aromatic carbocycles. The van der Waals surface area contributed by atoms with Crippen molar-refractivity contribution in [3.05, 3.63) is 24.0 Å². The van der Waals surface area contributed by atoms with Gasteiger partial charge < -0.3 is 10.2 Å². The van der Waals surface area contributed by atoms with Gasteiger partial charge in [-0.3, -0.25) is 0 Å². The average molecular weight is 282 g/mol. The lowest BCUT2D eigenvalue weighted by molar-refractivity contribution is 0.613. The van der Waals surface area contributed by atoms with Crippen molar-refractivity contribution in [1.82, 2.24) is 0 Å². The minimum atomic E-state index is -0.153. The predicted octanol–water partition coefficient (Wildman–Crippen LogP) is 3.98. The first kappa shape index (κ1) is 14.5. The van der Waals surface area contributed by atoms with Crippen LogP contribution in [0.5, 0.6) is 0 Å². The van der Waals surface area contributed by atoms with Crippen molar-refractivity contribution < 1.29 is 4.39 Å². The van der Waals surface area contributed by atoms with Crippen LogP contribution in [0, 0.1) is 5.82 Å². The summed E-state index contributed by atoms with van der Waals surface area (Å²) in [6.07, 6.45) is 1.15. The van der Waals surface area contributed by atoms with Crippen LogP contribution in [0.15, 0.2) is 18.2 Å². The van der Waals surface area contributed by atoms with Crippen LogP contribution in [0.3, 0.4) is 0 Å². The lowest BCUT2D eigenvalue weighted by Gasteiger charge is -2.25. The summed E-state index contributed by atoms with van der Waals surface area (Å²) in [7, 11) is 1.92. The van der Waals surface area contributed by atoms with Gasteiger partial charge >= 0.3 is 0 Å². The molecule has 0 amide bonds. The largest absolute Gasteiger partial charge is 0.381 e. The maximum Gasteiger partial charge on any atom is 0.148 e. The fourth-order valence-corrected chi connectivity index (χ4v) is 3.49. The maximum absolute atomic E-state index is 14.1. The zero-order valence-electron chi connectivity index (χ0n) is 12.1. The summed E-state index contributed by atoms with van der Waals surface area (Å²) in [5.41, 5.74) is 1.55. The van der Waals surface area contributed by atoms with E-state index in [4.69, 9.17) is 0 Å². The Morgan fingerprint density at radius 3 is 2.68 bits per heavy atom. The highest BCUT2D eigenvalue weighted by Crippen LogP contribution is 2.30. The summed E-state index contributed by atoms with van der Waals surface area (Å²) in [6, 6.07) is 6.21. The highest BCUT2D eigenvalue weighted by molar-refractivity contribution is 8.00. The first-order chi connectivity index (χ1) is 8.99. The van der Waals surface area contributed by atoms with Crippen LogP contribution >= 0.6 is 11.8 Å². The van der Waals surface area contributed by atoms with E-state index < -0.39 is 0 Å². The van der Waals surface area contributed by atoms with Gasteiger partial charge in [0.2, 0.25) is 0 Å². The zero-order chi connectivity index (χ0) is 14.0. The molecule has 1 aliphatic rings. The molecule has 0 saturated carbocycles. The van der Waals surface area contributed by atoms with Gasteiger partial charge in [-0.15, -0.1) is 0 Å². The van der Waals surface area contributed by atoms with Gasteiger partial charge in [0, 0.05) is 30.1 Å². The molecule has 1 heterocycles. The molecule has 0 bridgehead atoms.